The number of benzene rings is 1. The highest BCUT2D eigenvalue weighted by Crippen LogP contribution is 2.19. The van der Waals surface area contributed by atoms with E-state index in [1.807, 2.05) is 29.9 Å². The number of hydrogen-bond donors (Lipinski definition) is 2. The third-order valence-corrected chi connectivity index (χ3v) is 5.45. The summed E-state index contributed by atoms with van der Waals surface area (Å²) in [4.78, 5) is 17.9. The number of piperidine rings is 1. The van der Waals surface area contributed by atoms with E-state index in [0.717, 1.165) is 62.7 Å². The summed E-state index contributed by atoms with van der Waals surface area (Å²) in [5.74, 6) is 1.02. The highest BCUT2D eigenvalue weighted by atomic mass is 127. The van der Waals surface area contributed by atoms with Gasteiger partial charge in [0.2, 0.25) is 5.91 Å². The van der Waals surface area contributed by atoms with Gasteiger partial charge in [-0.05, 0) is 56.2 Å². The van der Waals surface area contributed by atoms with Crippen molar-refractivity contribution in [3.63, 3.8) is 0 Å². The number of aliphatic imine (C=N–C) groups is 1. The summed E-state index contributed by atoms with van der Waals surface area (Å²) in [5, 5.41) is 8.12. The van der Waals surface area contributed by atoms with Gasteiger partial charge in [-0.2, -0.15) is 5.10 Å². The Bertz CT molecular complexity index is 835. The lowest BCUT2D eigenvalue weighted by atomic mass is 9.95. The van der Waals surface area contributed by atoms with Crippen molar-refractivity contribution in [1.82, 2.24) is 20.0 Å². The number of halogens is 1. The number of amides is 1. The molecular formula is C22H33IN6O. The first kappa shape index (κ1) is 24.2. The number of nitrogens with two attached hydrogens (primary N) is 1. The van der Waals surface area contributed by atoms with Gasteiger partial charge >= 0.3 is 0 Å². The van der Waals surface area contributed by atoms with Crippen LogP contribution in [0, 0.1) is 12.8 Å². The maximum Gasteiger partial charge on any atom is 0.217 e. The Morgan fingerprint density at radius 3 is 2.80 bits per heavy atom. The molecule has 1 amide bonds. The van der Waals surface area contributed by atoms with Crippen LogP contribution >= 0.6 is 24.0 Å². The van der Waals surface area contributed by atoms with Crippen molar-refractivity contribution in [3.8, 4) is 5.69 Å². The van der Waals surface area contributed by atoms with Gasteiger partial charge in [-0.3, -0.25) is 9.79 Å². The Morgan fingerprint density at radius 2 is 2.10 bits per heavy atom. The summed E-state index contributed by atoms with van der Waals surface area (Å²) < 4.78 is 1.95. The zero-order valence-corrected chi connectivity index (χ0v) is 20.2. The fraction of sp³-hybridized carbons (Fsp3) is 0.500. The van der Waals surface area contributed by atoms with Crippen molar-refractivity contribution in [2.75, 3.05) is 26.7 Å². The topological polar surface area (TPSA) is 88.5 Å². The van der Waals surface area contributed by atoms with Gasteiger partial charge in [0.1, 0.15) is 0 Å². The smallest absolute Gasteiger partial charge is 0.217 e. The molecule has 0 aliphatic carbocycles. The molecule has 0 spiro atoms. The van der Waals surface area contributed by atoms with Gasteiger partial charge in [0.15, 0.2) is 5.96 Å². The molecule has 1 saturated heterocycles. The molecule has 1 fully saturated rings. The maximum absolute atomic E-state index is 11.2. The number of para-hydroxylation sites is 1. The average molecular weight is 524 g/mol. The number of primary amides is 1. The molecule has 1 aromatic heterocycles. The van der Waals surface area contributed by atoms with Crippen LogP contribution < -0.4 is 11.1 Å². The Kier molecular flexibility index (Phi) is 9.61. The first-order chi connectivity index (χ1) is 14.1. The van der Waals surface area contributed by atoms with Crippen molar-refractivity contribution >= 4 is 35.8 Å². The zero-order valence-electron chi connectivity index (χ0n) is 17.9. The second-order valence-corrected chi connectivity index (χ2v) is 7.72. The number of aryl methyl sites for hydroxylation is 2. The summed E-state index contributed by atoms with van der Waals surface area (Å²) in [6, 6.07) is 10.2. The molecule has 0 bridgehead atoms. The number of carbonyl (C=O) groups is 1. The van der Waals surface area contributed by atoms with Crippen LogP contribution in [0.15, 0.2) is 41.5 Å². The molecule has 8 heteroatoms. The van der Waals surface area contributed by atoms with Crippen LogP contribution in [0.2, 0.25) is 0 Å². The quantitative estimate of drug-likeness (QED) is 0.253. The van der Waals surface area contributed by atoms with E-state index in [9.17, 15) is 4.79 Å². The van der Waals surface area contributed by atoms with E-state index in [-0.39, 0.29) is 29.9 Å². The molecule has 1 atom stereocenters. The monoisotopic (exact) mass is 524 g/mol. The third kappa shape index (κ3) is 6.72. The van der Waals surface area contributed by atoms with Crippen molar-refractivity contribution < 1.29 is 4.79 Å². The molecule has 0 radical (unpaired) electrons. The Morgan fingerprint density at radius 1 is 1.33 bits per heavy atom. The van der Waals surface area contributed by atoms with Gasteiger partial charge in [-0.15, -0.1) is 24.0 Å². The largest absolute Gasteiger partial charge is 0.370 e. The van der Waals surface area contributed by atoms with Gasteiger partial charge in [-0.25, -0.2) is 4.68 Å². The molecule has 0 saturated carbocycles. The van der Waals surface area contributed by atoms with E-state index in [1.165, 1.54) is 5.56 Å². The number of hydrogen-bond acceptors (Lipinski definition) is 3. The molecule has 1 aromatic carbocycles. The van der Waals surface area contributed by atoms with Crippen LogP contribution in [0.25, 0.3) is 5.69 Å². The Labute approximate surface area is 196 Å². The van der Waals surface area contributed by atoms with E-state index in [0.29, 0.717) is 12.3 Å². The highest BCUT2D eigenvalue weighted by molar-refractivity contribution is 14.0. The first-order valence-corrected chi connectivity index (χ1v) is 10.4. The number of likely N-dealkylation sites (tertiary alicyclic amines) is 1. The molecule has 2 aromatic rings. The number of carbonyl (C=O) groups excluding carboxylic acids is 1. The molecular weight excluding hydrogens is 491 g/mol. The lowest BCUT2D eigenvalue weighted by molar-refractivity contribution is -0.119. The number of aromatic nitrogens is 2. The van der Waals surface area contributed by atoms with E-state index in [1.54, 1.807) is 0 Å². The first-order valence-electron chi connectivity index (χ1n) is 10.4. The fourth-order valence-electron chi connectivity index (χ4n) is 3.97. The van der Waals surface area contributed by atoms with E-state index in [4.69, 9.17) is 5.73 Å². The van der Waals surface area contributed by atoms with Crippen LogP contribution in [-0.4, -0.2) is 53.2 Å². The van der Waals surface area contributed by atoms with Gasteiger partial charge < -0.3 is 16.0 Å². The standard InChI is InChI=1S/C22H32N6O.HI/c1-17-19(16-28(26-17)20-10-4-3-5-11-20)9-6-12-25-22(24-2)27-13-7-8-18(15-27)14-21(23)29;/h3-5,10-11,16,18H,6-9,12-15H2,1-2H3,(H2,23,29)(H,24,25);1H. The van der Waals surface area contributed by atoms with Crippen LogP contribution in [0.3, 0.4) is 0 Å². The van der Waals surface area contributed by atoms with Crippen LogP contribution in [-0.2, 0) is 11.2 Å². The summed E-state index contributed by atoms with van der Waals surface area (Å²) in [6.07, 6.45) is 6.67. The fourth-order valence-corrected chi connectivity index (χ4v) is 3.97. The molecule has 3 N–H and O–H groups in total. The summed E-state index contributed by atoms with van der Waals surface area (Å²) in [7, 11) is 1.81. The van der Waals surface area contributed by atoms with Crippen LogP contribution in [0.4, 0.5) is 0 Å². The molecule has 2 heterocycles. The third-order valence-electron chi connectivity index (χ3n) is 5.45. The minimum absolute atomic E-state index is 0. The second kappa shape index (κ2) is 11.9. The molecule has 30 heavy (non-hydrogen) atoms. The van der Waals surface area contributed by atoms with E-state index < -0.39 is 0 Å². The zero-order chi connectivity index (χ0) is 20.6. The minimum Gasteiger partial charge on any atom is -0.370 e. The molecule has 1 aliphatic rings. The normalized spacial score (nSPS) is 16.8. The lowest BCUT2D eigenvalue weighted by Crippen LogP contribution is -2.47. The molecule has 1 aliphatic heterocycles. The predicted octanol–water partition coefficient (Wildman–Crippen LogP) is 2.89. The lowest BCUT2D eigenvalue weighted by Gasteiger charge is -2.34. The SMILES string of the molecule is CN=C(NCCCc1cn(-c2ccccc2)nc1C)N1CCCC(CC(N)=O)C1.I. The number of nitrogens with one attached hydrogen (secondary N) is 1. The Balaban J connectivity index is 0.00000320. The van der Waals surface area contributed by atoms with Gasteiger partial charge in [0, 0.05) is 39.3 Å². The van der Waals surface area contributed by atoms with Gasteiger partial charge in [-0.1, -0.05) is 18.2 Å². The molecule has 1 unspecified atom stereocenters. The van der Waals surface area contributed by atoms with E-state index in [2.05, 4.69) is 45.6 Å². The van der Waals surface area contributed by atoms with Crippen molar-refractivity contribution in [2.24, 2.45) is 16.6 Å². The van der Waals surface area contributed by atoms with Crippen molar-refractivity contribution in [3.05, 3.63) is 47.8 Å². The number of rotatable bonds is 7. The minimum atomic E-state index is -0.216. The maximum atomic E-state index is 11.2. The summed E-state index contributed by atoms with van der Waals surface area (Å²) in [5.41, 5.74) is 8.79. The predicted molar refractivity (Wildman–Crippen MR) is 132 cm³/mol. The Hall–Kier alpha value is -2.10. The van der Waals surface area contributed by atoms with Crippen LogP contribution in [0.5, 0.6) is 0 Å². The summed E-state index contributed by atoms with van der Waals surface area (Å²) >= 11 is 0. The van der Waals surface area contributed by atoms with Crippen molar-refractivity contribution in [2.45, 2.75) is 39.0 Å². The number of guanidine groups is 1. The highest BCUT2D eigenvalue weighted by Gasteiger charge is 2.23. The molecule has 7 nitrogen and oxygen atoms in total. The second-order valence-electron chi connectivity index (χ2n) is 7.72. The number of nitrogens with zero attached hydrogens (tertiary/aromatic N) is 4. The summed E-state index contributed by atoms with van der Waals surface area (Å²) in [6.45, 7) is 4.72. The van der Waals surface area contributed by atoms with Gasteiger partial charge in [0.05, 0.1) is 11.4 Å². The molecule has 3 rings (SSSR count). The van der Waals surface area contributed by atoms with E-state index >= 15 is 0 Å². The van der Waals surface area contributed by atoms with Gasteiger partial charge in [0.25, 0.3) is 0 Å². The van der Waals surface area contributed by atoms with Crippen molar-refractivity contribution in [1.29, 1.82) is 0 Å². The van der Waals surface area contributed by atoms with Crippen LogP contribution in [0.1, 0.15) is 36.9 Å². The average Bonchev–Trinajstić information content (AvgIpc) is 3.09. The molecule has 164 valence electrons.